The fourth-order valence-electron chi connectivity index (χ4n) is 3.48. The van der Waals surface area contributed by atoms with Gasteiger partial charge < -0.3 is 5.73 Å². The Balaban J connectivity index is 1.93. The normalized spacial score (nSPS) is 18.5. The van der Waals surface area contributed by atoms with Gasteiger partial charge in [0.05, 0.1) is 5.69 Å². The van der Waals surface area contributed by atoms with Crippen molar-refractivity contribution < 1.29 is 0 Å². The maximum absolute atomic E-state index is 6.03. The van der Waals surface area contributed by atoms with E-state index in [1.165, 1.54) is 30.4 Å². The van der Waals surface area contributed by atoms with Gasteiger partial charge in [0.25, 0.3) is 0 Å². The van der Waals surface area contributed by atoms with Crippen molar-refractivity contribution in [3.63, 3.8) is 0 Å². The fraction of sp³-hybridized carbons (Fsp3) is 0.529. The summed E-state index contributed by atoms with van der Waals surface area (Å²) in [5.41, 5.74) is 10.00. The first kappa shape index (κ1) is 14.1. The number of aromatic nitrogens is 3. The molecule has 0 saturated heterocycles. The predicted octanol–water partition coefficient (Wildman–Crippen LogP) is 3.28. The minimum absolute atomic E-state index is 0.0399. The van der Waals surface area contributed by atoms with Crippen molar-refractivity contribution >= 4 is 5.82 Å². The molecule has 4 nitrogen and oxygen atoms in total. The summed E-state index contributed by atoms with van der Waals surface area (Å²) < 4.78 is 2.02. The molecule has 2 N–H and O–H groups in total. The van der Waals surface area contributed by atoms with Crippen LogP contribution in [0.25, 0.3) is 0 Å². The van der Waals surface area contributed by atoms with Gasteiger partial charge in [-0.25, -0.2) is 4.68 Å². The molecule has 1 aliphatic rings. The van der Waals surface area contributed by atoms with Gasteiger partial charge in [-0.2, -0.15) is 0 Å². The lowest BCUT2D eigenvalue weighted by Crippen LogP contribution is -2.23. The van der Waals surface area contributed by atoms with Crippen LogP contribution in [-0.4, -0.2) is 15.0 Å². The first-order valence-electron chi connectivity index (χ1n) is 7.74. The molecule has 1 atom stereocenters. The minimum Gasteiger partial charge on any atom is -0.381 e. The Labute approximate surface area is 126 Å². The lowest BCUT2D eigenvalue weighted by atomic mass is 9.82. The molecule has 1 aliphatic carbocycles. The SMILES string of the molecule is CC(C)(C)c1c(N)nnn1CC1CCCc2ccccc21. The van der Waals surface area contributed by atoms with E-state index in [9.17, 15) is 0 Å². The molecular weight excluding hydrogens is 260 g/mol. The van der Waals surface area contributed by atoms with E-state index in [0.717, 1.165) is 12.2 Å². The zero-order chi connectivity index (χ0) is 15.0. The lowest BCUT2D eigenvalue weighted by Gasteiger charge is -2.27. The van der Waals surface area contributed by atoms with Gasteiger partial charge in [0, 0.05) is 17.9 Å². The third kappa shape index (κ3) is 2.67. The molecule has 4 heteroatoms. The first-order valence-corrected chi connectivity index (χ1v) is 7.74. The molecule has 1 heterocycles. The number of aryl methyl sites for hydroxylation is 1. The highest BCUT2D eigenvalue weighted by Gasteiger charge is 2.27. The topological polar surface area (TPSA) is 56.7 Å². The summed E-state index contributed by atoms with van der Waals surface area (Å²) in [5, 5.41) is 8.39. The highest BCUT2D eigenvalue weighted by molar-refractivity contribution is 5.38. The minimum atomic E-state index is -0.0399. The summed E-state index contributed by atoms with van der Waals surface area (Å²) in [6, 6.07) is 8.78. The van der Waals surface area contributed by atoms with Gasteiger partial charge in [-0.05, 0) is 30.4 Å². The number of anilines is 1. The van der Waals surface area contributed by atoms with Crippen molar-refractivity contribution in [2.45, 2.75) is 57.9 Å². The van der Waals surface area contributed by atoms with Gasteiger partial charge in [0.2, 0.25) is 0 Å². The average Bonchev–Trinajstić information content (AvgIpc) is 2.80. The summed E-state index contributed by atoms with van der Waals surface area (Å²) in [5.74, 6) is 1.07. The van der Waals surface area contributed by atoms with Crippen LogP contribution in [0, 0.1) is 0 Å². The maximum Gasteiger partial charge on any atom is 0.169 e. The quantitative estimate of drug-likeness (QED) is 0.920. The number of nitrogens with zero attached hydrogens (tertiary/aromatic N) is 3. The van der Waals surface area contributed by atoms with Crippen molar-refractivity contribution in [2.24, 2.45) is 0 Å². The van der Waals surface area contributed by atoms with Gasteiger partial charge in [0.15, 0.2) is 5.82 Å². The lowest BCUT2D eigenvalue weighted by molar-refractivity contribution is 0.414. The fourth-order valence-corrected chi connectivity index (χ4v) is 3.48. The Morgan fingerprint density at radius 1 is 1.29 bits per heavy atom. The van der Waals surface area contributed by atoms with E-state index >= 15 is 0 Å². The van der Waals surface area contributed by atoms with Gasteiger partial charge in [0.1, 0.15) is 0 Å². The summed E-state index contributed by atoms with van der Waals surface area (Å²) >= 11 is 0. The van der Waals surface area contributed by atoms with E-state index in [1.54, 1.807) is 0 Å². The number of hydrogen-bond acceptors (Lipinski definition) is 3. The van der Waals surface area contributed by atoms with Crippen LogP contribution in [0.3, 0.4) is 0 Å². The molecule has 3 rings (SSSR count). The molecule has 1 aromatic carbocycles. The molecule has 1 aromatic heterocycles. The number of nitrogen functional groups attached to an aromatic ring is 1. The smallest absolute Gasteiger partial charge is 0.169 e. The molecule has 2 aromatic rings. The van der Waals surface area contributed by atoms with Crippen LogP contribution in [0.15, 0.2) is 24.3 Å². The molecule has 0 aliphatic heterocycles. The summed E-state index contributed by atoms with van der Waals surface area (Å²) in [4.78, 5) is 0. The third-order valence-electron chi connectivity index (χ3n) is 4.36. The molecule has 0 fully saturated rings. The predicted molar refractivity (Wildman–Crippen MR) is 85.3 cm³/mol. The standard InChI is InChI=1S/C17H24N4/c1-17(2,3)15-16(18)19-20-21(15)11-13-9-6-8-12-7-4-5-10-14(12)13/h4-5,7,10,13H,6,8-9,11,18H2,1-3H3. The second-order valence-corrected chi connectivity index (χ2v) is 7.04. The van der Waals surface area contributed by atoms with Crippen LogP contribution in [-0.2, 0) is 18.4 Å². The van der Waals surface area contributed by atoms with Crippen LogP contribution in [0.2, 0.25) is 0 Å². The molecule has 0 spiro atoms. The van der Waals surface area contributed by atoms with Crippen molar-refractivity contribution in [1.82, 2.24) is 15.0 Å². The number of rotatable bonds is 2. The largest absolute Gasteiger partial charge is 0.381 e. The number of benzene rings is 1. The summed E-state index contributed by atoms with van der Waals surface area (Å²) in [6.45, 7) is 7.35. The third-order valence-corrected chi connectivity index (χ3v) is 4.36. The second kappa shape index (κ2) is 5.17. The average molecular weight is 284 g/mol. The van der Waals surface area contributed by atoms with E-state index in [0.29, 0.717) is 11.7 Å². The van der Waals surface area contributed by atoms with E-state index in [4.69, 9.17) is 5.73 Å². The van der Waals surface area contributed by atoms with Crippen molar-refractivity contribution in [2.75, 3.05) is 5.73 Å². The van der Waals surface area contributed by atoms with Gasteiger partial charge in [-0.1, -0.05) is 50.3 Å². The Morgan fingerprint density at radius 2 is 2.05 bits per heavy atom. The molecule has 1 unspecified atom stereocenters. The molecule has 112 valence electrons. The zero-order valence-electron chi connectivity index (χ0n) is 13.1. The van der Waals surface area contributed by atoms with E-state index < -0.39 is 0 Å². The van der Waals surface area contributed by atoms with E-state index in [-0.39, 0.29) is 5.41 Å². The summed E-state index contributed by atoms with van der Waals surface area (Å²) in [6.07, 6.45) is 3.65. The number of hydrogen-bond donors (Lipinski definition) is 1. The Kier molecular flexibility index (Phi) is 3.47. The highest BCUT2D eigenvalue weighted by atomic mass is 15.4. The van der Waals surface area contributed by atoms with E-state index in [1.807, 2.05) is 4.68 Å². The van der Waals surface area contributed by atoms with E-state index in [2.05, 4.69) is 55.3 Å². The van der Waals surface area contributed by atoms with Crippen LogP contribution in [0.5, 0.6) is 0 Å². The van der Waals surface area contributed by atoms with Gasteiger partial charge >= 0.3 is 0 Å². The van der Waals surface area contributed by atoms with Crippen LogP contribution >= 0.6 is 0 Å². The maximum atomic E-state index is 6.03. The first-order chi connectivity index (χ1) is 9.97. The van der Waals surface area contributed by atoms with Crippen molar-refractivity contribution in [3.8, 4) is 0 Å². The summed E-state index contributed by atoms with van der Waals surface area (Å²) in [7, 11) is 0. The molecule has 0 radical (unpaired) electrons. The van der Waals surface area contributed by atoms with Gasteiger partial charge in [-0.3, -0.25) is 0 Å². The molecule has 21 heavy (non-hydrogen) atoms. The van der Waals surface area contributed by atoms with Gasteiger partial charge in [-0.15, -0.1) is 5.10 Å². The molecule has 0 amide bonds. The second-order valence-electron chi connectivity index (χ2n) is 7.04. The number of nitrogens with two attached hydrogens (primary N) is 1. The zero-order valence-corrected chi connectivity index (χ0v) is 13.1. The molecular formula is C17H24N4. The van der Waals surface area contributed by atoms with Crippen molar-refractivity contribution in [3.05, 3.63) is 41.1 Å². The van der Waals surface area contributed by atoms with Crippen LogP contribution < -0.4 is 5.73 Å². The van der Waals surface area contributed by atoms with Crippen LogP contribution in [0.1, 0.15) is 56.4 Å². The molecule has 0 bridgehead atoms. The monoisotopic (exact) mass is 284 g/mol. The Hall–Kier alpha value is -1.84. The number of fused-ring (bicyclic) bond motifs is 1. The van der Waals surface area contributed by atoms with Crippen molar-refractivity contribution in [1.29, 1.82) is 0 Å². The van der Waals surface area contributed by atoms with Crippen LogP contribution in [0.4, 0.5) is 5.82 Å². The Morgan fingerprint density at radius 3 is 2.81 bits per heavy atom. The molecule has 0 saturated carbocycles. The Bertz CT molecular complexity index is 636. The highest BCUT2D eigenvalue weighted by Crippen LogP contribution is 2.34.